The fourth-order valence-corrected chi connectivity index (χ4v) is 1.91. The van der Waals surface area contributed by atoms with Crippen molar-refractivity contribution in [3.63, 3.8) is 0 Å². The van der Waals surface area contributed by atoms with Crippen LogP contribution in [0.3, 0.4) is 0 Å². The molecule has 2 rings (SSSR count). The van der Waals surface area contributed by atoms with Gasteiger partial charge in [-0.1, -0.05) is 35.4 Å². The molecule has 0 atom stereocenters. The summed E-state index contributed by atoms with van der Waals surface area (Å²) in [5.41, 5.74) is 8.37. The van der Waals surface area contributed by atoms with Gasteiger partial charge in [0.05, 0.1) is 5.56 Å². The van der Waals surface area contributed by atoms with E-state index in [2.05, 4.69) is 0 Å². The van der Waals surface area contributed by atoms with E-state index in [-0.39, 0.29) is 6.61 Å². The first kappa shape index (κ1) is 13.4. The molecule has 0 saturated carbocycles. The van der Waals surface area contributed by atoms with Gasteiger partial charge >= 0.3 is 5.97 Å². The summed E-state index contributed by atoms with van der Waals surface area (Å²) in [5, 5.41) is 0.614. The second-order valence-electron chi connectivity index (χ2n) is 4.30. The Kier molecular flexibility index (Phi) is 4.07. The normalized spacial score (nSPS) is 10.2. The Bertz CT molecular complexity index is 611. The monoisotopic (exact) mass is 275 g/mol. The third-order valence-corrected chi connectivity index (χ3v) is 2.92. The molecule has 3 nitrogen and oxygen atoms in total. The van der Waals surface area contributed by atoms with Crippen LogP contribution in [0.5, 0.6) is 0 Å². The average molecular weight is 276 g/mol. The fourth-order valence-electron chi connectivity index (χ4n) is 1.70. The van der Waals surface area contributed by atoms with Gasteiger partial charge in [0.2, 0.25) is 0 Å². The van der Waals surface area contributed by atoms with Crippen molar-refractivity contribution in [1.82, 2.24) is 0 Å². The second kappa shape index (κ2) is 5.76. The number of benzene rings is 2. The molecule has 0 unspecified atom stereocenters. The van der Waals surface area contributed by atoms with Crippen molar-refractivity contribution in [2.45, 2.75) is 13.5 Å². The third-order valence-electron chi connectivity index (χ3n) is 2.69. The van der Waals surface area contributed by atoms with Crippen molar-refractivity contribution >= 4 is 23.3 Å². The molecule has 0 aliphatic rings. The van der Waals surface area contributed by atoms with Crippen LogP contribution in [-0.2, 0) is 11.3 Å². The molecule has 2 N–H and O–H groups in total. The molecule has 0 amide bonds. The molecule has 0 heterocycles. The molecule has 0 aliphatic carbocycles. The van der Waals surface area contributed by atoms with Gasteiger partial charge in [-0.05, 0) is 36.8 Å². The van der Waals surface area contributed by atoms with Crippen LogP contribution < -0.4 is 5.73 Å². The fraction of sp³-hybridized carbons (Fsp3) is 0.133. The van der Waals surface area contributed by atoms with E-state index in [4.69, 9.17) is 22.1 Å². The molecule has 0 fully saturated rings. The predicted molar refractivity (Wildman–Crippen MR) is 76.2 cm³/mol. The third kappa shape index (κ3) is 3.48. The van der Waals surface area contributed by atoms with Gasteiger partial charge in [0.15, 0.2) is 0 Å². The number of rotatable bonds is 3. The van der Waals surface area contributed by atoms with Crippen molar-refractivity contribution in [2.75, 3.05) is 5.73 Å². The van der Waals surface area contributed by atoms with Gasteiger partial charge in [-0.15, -0.1) is 0 Å². The summed E-state index contributed by atoms with van der Waals surface area (Å²) in [7, 11) is 0. The van der Waals surface area contributed by atoms with Crippen molar-refractivity contribution < 1.29 is 9.53 Å². The number of ether oxygens (including phenoxy) is 1. The maximum atomic E-state index is 11.9. The molecular weight excluding hydrogens is 262 g/mol. The van der Waals surface area contributed by atoms with Gasteiger partial charge in [-0.3, -0.25) is 0 Å². The molecule has 0 spiro atoms. The zero-order valence-electron chi connectivity index (χ0n) is 10.5. The van der Waals surface area contributed by atoms with Crippen LogP contribution in [0.2, 0.25) is 5.02 Å². The number of nitrogen functional groups attached to an aromatic ring is 1. The van der Waals surface area contributed by atoms with Crippen molar-refractivity contribution in [2.24, 2.45) is 0 Å². The number of nitrogens with two attached hydrogens (primary N) is 1. The molecule has 0 bridgehead atoms. The lowest BCUT2D eigenvalue weighted by Crippen LogP contribution is -2.08. The summed E-state index contributed by atoms with van der Waals surface area (Å²) in [6.45, 7) is 2.07. The summed E-state index contributed by atoms with van der Waals surface area (Å²) in [6.07, 6.45) is 0. The molecule has 0 aliphatic heterocycles. The highest BCUT2D eigenvalue weighted by Crippen LogP contribution is 2.17. The number of anilines is 1. The number of esters is 1. The number of aryl methyl sites for hydroxylation is 1. The Balaban J connectivity index is 2.07. The van der Waals surface area contributed by atoms with Gasteiger partial charge in [-0.2, -0.15) is 0 Å². The largest absolute Gasteiger partial charge is 0.457 e. The van der Waals surface area contributed by atoms with Gasteiger partial charge in [0.25, 0.3) is 0 Å². The predicted octanol–water partition coefficient (Wildman–Crippen LogP) is 3.59. The lowest BCUT2D eigenvalue weighted by atomic mass is 10.1. The molecule has 98 valence electrons. The number of carbonyl (C=O) groups is 1. The van der Waals surface area contributed by atoms with Crippen LogP contribution in [0.1, 0.15) is 21.5 Å². The maximum Gasteiger partial charge on any atom is 0.340 e. The minimum atomic E-state index is -0.429. The molecular formula is C15H14ClNO2. The molecule has 2 aromatic carbocycles. The van der Waals surface area contributed by atoms with Crippen LogP contribution >= 0.6 is 11.6 Å². The number of hydrogen-bond acceptors (Lipinski definition) is 3. The Hall–Kier alpha value is -2.00. The van der Waals surface area contributed by atoms with Crippen LogP contribution in [-0.4, -0.2) is 5.97 Å². The van der Waals surface area contributed by atoms with Gasteiger partial charge in [0.1, 0.15) is 6.61 Å². The summed E-state index contributed by atoms with van der Waals surface area (Å²) >= 11 is 5.86. The minimum absolute atomic E-state index is 0.173. The average Bonchev–Trinajstić information content (AvgIpc) is 2.39. The van der Waals surface area contributed by atoms with Gasteiger partial charge in [0, 0.05) is 10.7 Å². The van der Waals surface area contributed by atoms with Gasteiger partial charge in [-0.25, -0.2) is 4.79 Å². The molecule has 0 radical (unpaired) electrons. The first-order chi connectivity index (χ1) is 9.06. The standard InChI is InChI=1S/C15H14ClNO2/c1-10-5-6-14(17)13(7-10)15(18)19-9-11-3-2-4-12(16)8-11/h2-8H,9,17H2,1H3. The smallest absolute Gasteiger partial charge is 0.340 e. The van der Waals surface area contributed by atoms with E-state index in [9.17, 15) is 4.79 Å². The molecule has 2 aromatic rings. The van der Waals surface area contributed by atoms with Gasteiger partial charge < -0.3 is 10.5 Å². The van der Waals surface area contributed by atoms with Crippen LogP contribution in [0, 0.1) is 6.92 Å². The first-order valence-electron chi connectivity index (χ1n) is 5.84. The summed E-state index contributed by atoms with van der Waals surface area (Å²) in [6, 6.07) is 12.5. The summed E-state index contributed by atoms with van der Waals surface area (Å²) in [4.78, 5) is 11.9. The number of carbonyl (C=O) groups excluding carboxylic acids is 1. The van der Waals surface area contributed by atoms with E-state index in [1.165, 1.54) is 0 Å². The molecule has 0 aromatic heterocycles. The van der Waals surface area contributed by atoms with Crippen molar-refractivity contribution in [1.29, 1.82) is 0 Å². The highest BCUT2D eigenvalue weighted by atomic mass is 35.5. The van der Waals surface area contributed by atoms with E-state index in [1.54, 1.807) is 24.3 Å². The van der Waals surface area contributed by atoms with Crippen LogP contribution in [0.4, 0.5) is 5.69 Å². The summed E-state index contributed by atoms with van der Waals surface area (Å²) in [5.74, 6) is -0.429. The quantitative estimate of drug-likeness (QED) is 0.688. The molecule has 0 saturated heterocycles. The van der Waals surface area contributed by atoms with Crippen LogP contribution in [0.15, 0.2) is 42.5 Å². The molecule has 4 heteroatoms. The zero-order chi connectivity index (χ0) is 13.8. The van der Waals surface area contributed by atoms with E-state index < -0.39 is 5.97 Å². The van der Waals surface area contributed by atoms with E-state index >= 15 is 0 Å². The lowest BCUT2D eigenvalue weighted by Gasteiger charge is -2.08. The highest BCUT2D eigenvalue weighted by Gasteiger charge is 2.11. The SMILES string of the molecule is Cc1ccc(N)c(C(=O)OCc2cccc(Cl)c2)c1. The zero-order valence-corrected chi connectivity index (χ0v) is 11.3. The van der Waals surface area contributed by atoms with E-state index in [0.717, 1.165) is 11.1 Å². The Labute approximate surface area is 117 Å². The Morgan fingerprint density at radius 3 is 2.79 bits per heavy atom. The van der Waals surface area contributed by atoms with Crippen molar-refractivity contribution in [3.8, 4) is 0 Å². The Morgan fingerprint density at radius 2 is 2.05 bits per heavy atom. The first-order valence-corrected chi connectivity index (χ1v) is 6.22. The van der Waals surface area contributed by atoms with E-state index in [1.807, 2.05) is 25.1 Å². The maximum absolute atomic E-state index is 11.9. The van der Waals surface area contributed by atoms with E-state index in [0.29, 0.717) is 16.3 Å². The van der Waals surface area contributed by atoms with Crippen molar-refractivity contribution in [3.05, 3.63) is 64.2 Å². The van der Waals surface area contributed by atoms with Crippen LogP contribution in [0.25, 0.3) is 0 Å². The summed E-state index contributed by atoms with van der Waals surface area (Å²) < 4.78 is 5.23. The minimum Gasteiger partial charge on any atom is -0.457 e. The molecule has 19 heavy (non-hydrogen) atoms. The Morgan fingerprint density at radius 1 is 1.26 bits per heavy atom. The lowest BCUT2D eigenvalue weighted by molar-refractivity contribution is 0.0474. The number of halogens is 1. The highest BCUT2D eigenvalue weighted by molar-refractivity contribution is 6.30. The second-order valence-corrected chi connectivity index (χ2v) is 4.73. The topological polar surface area (TPSA) is 52.3 Å². The number of hydrogen-bond donors (Lipinski definition) is 1.